The quantitative estimate of drug-likeness (QED) is 0.767. The van der Waals surface area contributed by atoms with Gasteiger partial charge >= 0.3 is 0 Å². The van der Waals surface area contributed by atoms with Crippen LogP contribution >= 0.6 is 0 Å². The molecule has 2 heterocycles. The second-order valence-corrected chi connectivity index (χ2v) is 6.22. The van der Waals surface area contributed by atoms with Crippen LogP contribution in [0.1, 0.15) is 41.4 Å². The summed E-state index contributed by atoms with van der Waals surface area (Å²) in [5.74, 6) is 0.938. The molecule has 1 aromatic heterocycles. The Hall–Kier alpha value is -2.94. The molecule has 1 aliphatic heterocycles. The molecule has 3 aromatic rings. The minimum Gasteiger partial charge on any atom is -0.360 e. The summed E-state index contributed by atoms with van der Waals surface area (Å²) in [6.45, 7) is 2.13. The van der Waals surface area contributed by atoms with Gasteiger partial charge in [0, 0.05) is 11.8 Å². The van der Waals surface area contributed by atoms with Gasteiger partial charge in [-0.1, -0.05) is 67.6 Å². The zero-order valence-electron chi connectivity index (χ0n) is 14.3. The van der Waals surface area contributed by atoms with Crippen LogP contribution in [0.25, 0.3) is 0 Å². The summed E-state index contributed by atoms with van der Waals surface area (Å²) in [5.41, 5.74) is 4.65. The van der Waals surface area contributed by atoms with Crippen LogP contribution in [0.15, 0.2) is 84.0 Å². The third-order valence-electron chi connectivity index (χ3n) is 4.66. The molecule has 0 radical (unpaired) electrons. The Bertz CT molecular complexity index is 872. The largest absolute Gasteiger partial charge is 0.360 e. The first kappa shape index (κ1) is 15.6. The number of aryl methyl sites for hydroxylation is 1. The number of benzene rings is 2. The normalized spacial score (nSPS) is 19.3. The first-order valence-electron chi connectivity index (χ1n) is 8.75. The number of nitrogens with one attached hydrogen (secondary N) is 1. The zero-order valence-corrected chi connectivity index (χ0v) is 14.3. The van der Waals surface area contributed by atoms with E-state index in [1.165, 1.54) is 11.1 Å². The average molecular weight is 327 g/mol. The number of hydrogen-bond acceptors (Lipinski definition) is 3. The second-order valence-electron chi connectivity index (χ2n) is 6.22. The minimum atomic E-state index is 0.0588. The summed E-state index contributed by atoms with van der Waals surface area (Å²) in [6, 6.07) is 25.3. The number of pyridine rings is 1. The molecule has 25 heavy (non-hydrogen) atoms. The van der Waals surface area contributed by atoms with Gasteiger partial charge in [-0.2, -0.15) is 0 Å². The van der Waals surface area contributed by atoms with E-state index in [1.807, 2.05) is 24.4 Å². The lowest BCUT2D eigenvalue weighted by Gasteiger charge is -2.19. The lowest BCUT2D eigenvalue weighted by molar-refractivity contribution is 0.572. The van der Waals surface area contributed by atoms with Gasteiger partial charge < -0.3 is 5.32 Å². The van der Waals surface area contributed by atoms with Crippen molar-refractivity contribution in [3.63, 3.8) is 0 Å². The van der Waals surface area contributed by atoms with Crippen LogP contribution in [0, 0.1) is 0 Å². The molecule has 0 bridgehead atoms. The molecule has 0 saturated carbocycles. The lowest BCUT2D eigenvalue weighted by Crippen LogP contribution is -2.26. The van der Waals surface area contributed by atoms with E-state index in [0.717, 1.165) is 23.5 Å². The van der Waals surface area contributed by atoms with E-state index in [9.17, 15) is 0 Å². The van der Waals surface area contributed by atoms with Crippen molar-refractivity contribution in [2.75, 3.05) is 0 Å². The predicted octanol–water partition coefficient (Wildman–Crippen LogP) is 4.48. The fraction of sp³-hybridized carbons (Fsp3) is 0.182. The van der Waals surface area contributed by atoms with E-state index in [-0.39, 0.29) is 12.1 Å². The van der Waals surface area contributed by atoms with Crippen molar-refractivity contribution in [2.45, 2.75) is 25.4 Å². The minimum absolute atomic E-state index is 0.0588. The molecule has 0 saturated heterocycles. The molecular weight excluding hydrogens is 306 g/mol. The molecule has 1 aliphatic rings. The Morgan fingerprint density at radius 1 is 0.840 bits per heavy atom. The van der Waals surface area contributed by atoms with Crippen molar-refractivity contribution >= 4 is 5.84 Å². The van der Waals surface area contributed by atoms with E-state index >= 15 is 0 Å². The Kier molecular flexibility index (Phi) is 4.30. The maximum absolute atomic E-state index is 5.06. The van der Waals surface area contributed by atoms with Gasteiger partial charge in [-0.05, 0) is 29.7 Å². The Balaban J connectivity index is 1.77. The molecule has 124 valence electrons. The van der Waals surface area contributed by atoms with E-state index in [2.05, 4.69) is 71.8 Å². The summed E-state index contributed by atoms with van der Waals surface area (Å²) < 4.78 is 0. The number of amidine groups is 1. The number of aromatic nitrogens is 1. The summed E-state index contributed by atoms with van der Waals surface area (Å²) in [5, 5.41) is 3.66. The van der Waals surface area contributed by atoms with Crippen LogP contribution < -0.4 is 5.32 Å². The van der Waals surface area contributed by atoms with Crippen LogP contribution in [-0.4, -0.2) is 10.8 Å². The van der Waals surface area contributed by atoms with Gasteiger partial charge in [-0.25, -0.2) is 0 Å². The first-order valence-corrected chi connectivity index (χ1v) is 8.75. The fourth-order valence-corrected chi connectivity index (χ4v) is 3.40. The van der Waals surface area contributed by atoms with Crippen molar-refractivity contribution < 1.29 is 0 Å². The lowest BCUT2D eigenvalue weighted by atomic mass is 9.95. The Labute approximate surface area is 148 Å². The molecule has 3 nitrogen and oxygen atoms in total. The molecule has 4 rings (SSSR count). The highest BCUT2D eigenvalue weighted by Gasteiger charge is 2.32. The third-order valence-corrected chi connectivity index (χ3v) is 4.66. The molecule has 0 amide bonds. The summed E-state index contributed by atoms with van der Waals surface area (Å²) in [7, 11) is 0. The van der Waals surface area contributed by atoms with Gasteiger partial charge in [0.25, 0.3) is 0 Å². The molecule has 0 fully saturated rings. The summed E-state index contributed by atoms with van der Waals surface area (Å²) in [6.07, 6.45) is 2.74. The van der Waals surface area contributed by atoms with Gasteiger partial charge in [0.05, 0.1) is 11.7 Å². The average Bonchev–Trinajstić information content (AvgIpc) is 3.14. The van der Waals surface area contributed by atoms with Gasteiger partial charge in [-0.3, -0.25) is 9.98 Å². The second kappa shape index (κ2) is 6.89. The highest BCUT2D eigenvalue weighted by atomic mass is 15.1. The predicted molar refractivity (Wildman–Crippen MR) is 102 cm³/mol. The Morgan fingerprint density at radius 3 is 2.20 bits per heavy atom. The molecule has 3 heteroatoms. The number of aliphatic imine (C=N–C) groups is 1. The van der Waals surface area contributed by atoms with Crippen LogP contribution in [0.3, 0.4) is 0 Å². The summed E-state index contributed by atoms with van der Waals surface area (Å²) in [4.78, 5) is 9.58. The highest BCUT2D eigenvalue weighted by molar-refractivity contribution is 6.01. The number of hydrogen-bond donors (Lipinski definition) is 1. The standard InChI is InChI=1S/C22H21N3/c1-2-19-18(14-9-15-23-19)22-24-20(16-10-5-3-6-11-16)21(25-22)17-12-7-4-8-13-17/h3-15,20-21H,2H2,1H3,(H,24,25)/t20-,21+. The van der Waals surface area contributed by atoms with Gasteiger partial charge in [0.15, 0.2) is 0 Å². The fourth-order valence-electron chi connectivity index (χ4n) is 3.40. The van der Waals surface area contributed by atoms with Crippen molar-refractivity contribution in [3.8, 4) is 0 Å². The van der Waals surface area contributed by atoms with E-state index in [1.54, 1.807) is 0 Å². The zero-order chi connectivity index (χ0) is 17.1. The van der Waals surface area contributed by atoms with Crippen molar-refractivity contribution in [1.82, 2.24) is 10.3 Å². The van der Waals surface area contributed by atoms with Crippen molar-refractivity contribution in [1.29, 1.82) is 0 Å². The van der Waals surface area contributed by atoms with Gasteiger partial charge in [0.1, 0.15) is 11.9 Å². The van der Waals surface area contributed by atoms with Crippen LogP contribution in [0.5, 0.6) is 0 Å². The molecule has 0 unspecified atom stereocenters. The molecule has 2 atom stereocenters. The van der Waals surface area contributed by atoms with Gasteiger partial charge in [0.2, 0.25) is 0 Å². The smallest absolute Gasteiger partial charge is 0.131 e. The maximum atomic E-state index is 5.06. The summed E-state index contributed by atoms with van der Waals surface area (Å²) >= 11 is 0. The maximum Gasteiger partial charge on any atom is 0.131 e. The monoisotopic (exact) mass is 327 g/mol. The first-order chi connectivity index (χ1) is 12.4. The van der Waals surface area contributed by atoms with E-state index in [4.69, 9.17) is 4.99 Å². The SMILES string of the molecule is CCc1ncccc1C1=N[C@H](c2ccccc2)[C@H](c2ccccc2)N1. The number of nitrogens with zero attached hydrogens (tertiary/aromatic N) is 2. The highest BCUT2D eigenvalue weighted by Crippen LogP contribution is 2.37. The third kappa shape index (κ3) is 3.05. The van der Waals surface area contributed by atoms with Crippen molar-refractivity contribution in [3.05, 3.63) is 101 Å². The van der Waals surface area contributed by atoms with Gasteiger partial charge in [-0.15, -0.1) is 0 Å². The van der Waals surface area contributed by atoms with Crippen LogP contribution in [0.2, 0.25) is 0 Å². The topological polar surface area (TPSA) is 37.3 Å². The number of rotatable bonds is 4. The molecule has 0 aliphatic carbocycles. The molecule has 0 spiro atoms. The van der Waals surface area contributed by atoms with Crippen molar-refractivity contribution in [2.24, 2.45) is 4.99 Å². The molecular formula is C22H21N3. The van der Waals surface area contributed by atoms with Crippen LogP contribution in [-0.2, 0) is 6.42 Å². The molecule has 2 aromatic carbocycles. The van der Waals surface area contributed by atoms with Crippen LogP contribution in [0.4, 0.5) is 0 Å². The van der Waals surface area contributed by atoms with E-state index in [0.29, 0.717) is 0 Å². The van der Waals surface area contributed by atoms with E-state index < -0.39 is 0 Å². The molecule has 1 N–H and O–H groups in total. The Morgan fingerprint density at radius 2 is 1.52 bits per heavy atom.